The molecule has 11 heteroatoms. The lowest BCUT2D eigenvalue weighted by Crippen LogP contribution is -2.13. The average Bonchev–Trinajstić information content (AvgIpc) is 3.07. The molecule has 0 radical (unpaired) electrons. The Kier molecular flexibility index (Phi) is 5.15. The minimum atomic E-state index is -4.25. The average molecular weight is 410 g/mol. The molecule has 0 saturated carbocycles. The molecule has 2 N–H and O–H groups in total. The molecule has 1 amide bonds. The quantitative estimate of drug-likeness (QED) is 0.629. The fourth-order valence-corrected chi connectivity index (χ4v) is 3.97. The molecule has 7 nitrogen and oxygen atoms in total. The zero-order chi connectivity index (χ0) is 19.6. The summed E-state index contributed by atoms with van der Waals surface area (Å²) >= 11 is 0.593. The minimum absolute atomic E-state index is 0.0412. The normalized spacial score (nSPS) is 11.2. The van der Waals surface area contributed by atoms with Crippen LogP contribution in [0.2, 0.25) is 0 Å². The molecule has 0 saturated heterocycles. The van der Waals surface area contributed by atoms with E-state index in [9.17, 15) is 22.0 Å². The number of hydrogen-bond acceptors (Lipinski definition) is 6. The van der Waals surface area contributed by atoms with E-state index in [1.807, 2.05) is 11.6 Å². The largest absolute Gasteiger partial charge is 0.296 e. The molecule has 27 heavy (non-hydrogen) atoms. The summed E-state index contributed by atoms with van der Waals surface area (Å²) in [5.41, 5.74) is 0.915. The van der Waals surface area contributed by atoms with E-state index in [4.69, 9.17) is 0 Å². The first kappa shape index (κ1) is 18.9. The van der Waals surface area contributed by atoms with Crippen LogP contribution in [0.25, 0.3) is 0 Å². The van der Waals surface area contributed by atoms with Crippen molar-refractivity contribution in [2.24, 2.45) is 0 Å². The number of carbonyl (C=O) groups is 1. The van der Waals surface area contributed by atoms with Crippen molar-refractivity contribution in [3.05, 3.63) is 65.2 Å². The predicted molar refractivity (Wildman–Crippen MR) is 96.2 cm³/mol. The highest BCUT2D eigenvalue weighted by Crippen LogP contribution is 2.24. The fourth-order valence-electron chi connectivity index (χ4n) is 2.00. The van der Waals surface area contributed by atoms with Gasteiger partial charge in [-0.1, -0.05) is 29.0 Å². The van der Waals surface area contributed by atoms with Crippen LogP contribution in [-0.2, 0) is 10.0 Å². The van der Waals surface area contributed by atoms with Gasteiger partial charge in [-0.2, -0.15) is 8.42 Å². The predicted octanol–water partition coefficient (Wildman–Crippen LogP) is 3.18. The van der Waals surface area contributed by atoms with Crippen molar-refractivity contribution in [3.8, 4) is 0 Å². The number of carbonyl (C=O) groups excluding carboxylic acids is 1. The molecule has 0 bridgehead atoms. The van der Waals surface area contributed by atoms with Crippen LogP contribution in [-0.4, -0.2) is 24.5 Å². The summed E-state index contributed by atoms with van der Waals surface area (Å²) in [7, 11) is -4.25. The van der Waals surface area contributed by atoms with E-state index < -0.39 is 37.6 Å². The number of nitrogens with one attached hydrogen (secondary N) is 2. The van der Waals surface area contributed by atoms with Crippen molar-refractivity contribution in [3.63, 3.8) is 0 Å². The topological polar surface area (TPSA) is 101 Å². The maximum Gasteiger partial charge on any atom is 0.291 e. The van der Waals surface area contributed by atoms with Gasteiger partial charge in [-0.15, -0.1) is 10.2 Å². The van der Waals surface area contributed by atoms with E-state index in [-0.39, 0.29) is 5.13 Å². The number of hydrogen-bond donors (Lipinski definition) is 2. The number of benzene rings is 2. The molecule has 3 aromatic rings. The summed E-state index contributed by atoms with van der Waals surface area (Å²) in [5.74, 6) is -2.39. The Bertz CT molecular complexity index is 1100. The molecule has 1 heterocycles. The Morgan fingerprint density at radius 3 is 2.44 bits per heavy atom. The van der Waals surface area contributed by atoms with Gasteiger partial charge in [-0.25, -0.2) is 8.78 Å². The lowest BCUT2D eigenvalue weighted by atomic mass is 10.1. The van der Waals surface area contributed by atoms with Crippen molar-refractivity contribution < 1.29 is 22.0 Å². The second-order valence-corrected chi connectivity index (χ2v) is 8.26. The van der Waals surface area contributed by atoms with Crippen LogP contribution < -0.4 is 10.0 Å². The second kappa shape index (κ2) is 7.37. The Labute approximate surface area is 157 Å². The number of aromatic nitrogens is 2. The van der Waals surface area contributed by atoms with Crippen LogP contribution in [0, 0.1) is 18.6 Å². The van der Waals surface area contributed by atoms with Crippen LogP contribution in [0.3, 0.4) is 0 Å². The van der Waals surface area contributed by atoms with Gasteiger partial charge in [0.2, 0.25) is 5.13 Å². The van der Waals surface area contributed by atoms with Gasteiger partial charge in [-0.05, 0) is 31.2 Å². The summed E-state index contributed by atoms with van der Waals surface area (Å²) in [6.45, 7) is 1.88. The van der Waals surface area contributed by atoms with E-state index in [1.54, 1.807) is 24.3 Å². The second-order valence-electron chi connectivity index (χ2n) is 5.42. The van der Waals surface area contributed by atoms with Gasteiger partial charge >= 0.3 is 0 Å². The van der Waals surface area contributed by atoms with Crippen molar-refractivity contribution in [1.29, 1.82) is 0 Å². The highest BCUT2D eigenvalue weighted by molar-refractivity contribution is 7.94. The molecular weight excluding hydrogens is 398 g/mol. The number of amides is 1. The summed E-state index contributed by atoms with van der Waals surface area (Å²) < 4.78 is 52.6. The van der Waals surface area contributed by atoms with Crippen molar-refractivity contribution in [2.75, 3.05) is 10.0 Å². The first-order chi connectivity index (χ1) is 12.7. The van der Waals surface area contributed by atoms with Crippen LogP contribution in [0.5, 0.6) is 0 Å². The molecule has 0 aliphatic rings. The van der Waals surface area contributed by atoms with Gasteiger partial charge in [-0.3, -0.25) is 14.8 Å². The smallest absolute Gasteiger partial charge is 0.291 e. The highest BCUT2D eigenvalue weighted by atomic mass is 32.2. The van der Waals surface area contributed by atoms with Crippen LogP contribution in [0.15, 0.2) is 46.8 Å². The van der Waals surface area contributed by atoms with Gasteiger partial charge in [0.25, 0.3) is 20.3 Å². The highest BCUT2D eigenvalue weighted by Gasteiger charge is 2.22. The zero-order valence-electron chi connectivity index (χ0n) is 13.7. The molecule has 140 valence electrons. The maximum absolute atomic E-state index is 13.6. The number of aryl methyl sites for hydroxylation is 1. The minimum Gasteiger partial charge on any atom is -0.296 e. The number of rotatable bonds is 5. The fraction of sp³-hybridized carbons (Fsp3) is 0.0625. The third-order valence-corrected chi connectivity index (χ3v) is 5.92. The van der Waals surface area contributed by atoms with Crippen LogP contribution in [0.4, 0.5) is 19.6 Å². The van der Waals surface area contributed by atoms with Crippen molar-refractivity contribution in [2.45, 2.75) is 11.3 Å². The molecule has 0 aliphatic heterocycles. The molecule has 2 aromatic carbocycles. The zero-order valence-corrected chi connectivity index (χ0v) is 15.4. The summed E-state index contributed by atoms with van der Waals surface area (Å²) in [6, 6.07) is 9.14. The standard InChI is InChI=1S/C16H12F2N4O3S2/c1-9-2-4-10(5-3-9)14(23)19-15-20-21-16(26-15)27(24,25)22-13-7-6-11(17)8-12(13)18/h2-8,22H,1H3,(H,19,20,23). The molecule has 0 unspecified atom stereocenters. The Morgan fingerprint density at radius 1 is 1.07 bits per heavy atom. The van der Waals surface area contributed by atoms with E-state index in [1.165, 1.54) is 0 Å². The van der Waals surface area contributed by atoms with Gasteiger partial charge in [0.05, 0.1) is 5.69 Å². The number of halogens is 2. The first-order valence-electron chi connectivity index (χ1n) is 7.44. The van der Waals surface area contributed by atoms with Crippen molar-refractivity contribution in [1.82, 2.24) is 10.2 Å². The Morgan fingerprint density at radius 2 is 1.78 bits per heavy atom. The van der Waals surface area contributed by atoms with E-state index >= 15 is 0 Å². The van der Waals surface area contributed by atoms with Crippen molar-refractivity contribution >= 4 is 38.1 Å². The lowest BCUT2D eigenvalue weighted by molar-refractivity contribution is 0.102. The molecule has 1 aromatic heterocycles. The Hall–Kier alpha value is -2.92. The number of anilines is 2. The summed E-state index contributed by atoms with van der Waals surface area (Å²) in [4.78, 5) is 12.1. The first-order valence-corrected chi connectivity index (χ1v) is 9.74. The molecular formula is C16H12F2N4O3S2. The third-order valence-electron chi connectivity index (χ3n) is 3.35. The molecule has 0 fully saturated rings. The van der Waals surface area contributed by atoms with Gasteiger partial charge < -0.3 is 0 Å². The Balaban J connectivity index is 1.75. The summed E-state index contributed by atoms with van der Waals surface area (Å²) in [6.07, 6.45) is 0. The molecule has 0 atom stereocenters. The molecule has 3 rings (SSSR count). The maximum atomic E-state index is 13.6. The number of sulfonamides is 1. The van der Waals surface area contributed by atoms with Gasteiger partial charge in [0.1, 0.15) is 11.6 Å². The summed E-state index contributed by atoms with van der Waals surface area (Å²) in [5, 5.41) is 9.51. The van der Waals surface area contributed by atoms with Crippen LogP contribution >= 0.6 is 11.3 Å². The molecule has 0 aliphatic carbocycles. The van der Waals surface area contributed by atoms with E-state index in [0.717, 1.165) is 17.7 Å². The lowest BCUT2D eigenvalue weighted by Gasteiger charge is -2.06. The van der Waals surface area contributed by atoms with E-state index in [0.29, 0.717) is 23.0 Å². The number of nitrogens with zero attached hydrogens (tertiary/aromatic N) is 2. The third kappa shape index (κ3) is 4.44. The van der Waals surface area contributed by atoms with Gasteiger partial charge in [0, 0.05) is 11.6 Å². The monoisotopic (exact) mass is 410 g/mol. The SMILES string of the molecule is Cc1ccc(C(=O)Nc2nnc(S(=O)(=O)Nc3ccc(F)cc3F)s2)cc1. The van der Waals surface area contributed by atoms with Crippen LogP contribution in [0.1, 0.15) is 15.9 Å². The molecule has 0 spiro atoms. The van der Waals surface area contributed by atoms with E-state index in [2.05, 4.69) is 15.5 Å². The van der Waals surface area contributed by atoms with Gasteiger partial charge in [0.15, 0.2) is 0 Å².